The van der Waals surface area contributed by atoms with Crippen LogP contribution in [0.3, 0.4) is 0 Å². The lowest BCUT2D eigenvalue weighted by molar-refractivity contribution is 0.0971. The zero-order valence-electron chi connectivity index (χ0n) is 12.1. The van der Waals surface area contributed by atoms with Gasteiger partial charge in [-0.25, -0.2) is 9.50 Å². The lowest BCUT2D eigenvalue weighted by Gasteiger charge is -2.13. The van der Waals surface area contributed by atoms with Crippen molar-refractivity contribution in [2.75, 3.05) is 0 Å². The van der Waals surface area contributed by atoms with Crippen LogP contribution in [0.5, 0.6) is 0 Å². The monoisotopic (exact) mass is 311 g/mol. The van der Waals surface area contributed by atoms with Gasteiger partial charge in [-0.3, -0.25) is 4.79 Å². The average molecular weight is 312 g/mol. The number of hydrogen-bond acceptors (Lipinski definition) is 3. The van der Waals surface area contributed by atoms with Gasteiger partial charge < -0.3 is 0 Å². The number of Topliss-reactive ketones (excluding diaryl/α,β-unsaturated/α-hetero) is 1. The van der Waals surface area contributed by atoms with E-state index in [0.717, 1.165) is 41.0 Å². The minimum absolute atomic E-state index is 0.164. The zero-order chi connectivity index (χ0) is 15.3. The van der Waals surface area contributed by atoms with Crippen LogP contribution in [0.2, 0.25) is 5.02 Å². The summed E-state index contributed by atoms with van der Waals surface area (Å²) in [5, 5.41) is 5.23. The van der Waals surface area contributed by atoms with Crippen molar-refractivity contribution in [1.82, 2.24) is 14.6 Å². The Balaban J connectivity index is 1.97. The topological polar surface area (TPSA) is 47.3 Å². The summed E-state index contributed by atoms with van der Waals surface area (Å²) in [7, 11) is 0. The van der Waals surface area contributed by atoms with Crippen molar-refractivity contribution in [3.8, 4) is 11.1 Å². The summed E-state index contributed by atoms with van der Waals surface area (Å²) in [4.78, 5) is 16.8. The molecule has 0 saturated heterocycles. The number of hydrogen-bond donors (Lipinski definition) is 0. The van der Waals surface area contributed by atoms with Gasteiger partial charge in [-0.15, -0.1) is 0 Å². The number of aromatic nitrogens is 3. The van der Waals surface area contributed by atoms with Gasteiger partial charge in [-0.1, -0.05) is 23.7 Å². The van der Waals surface area contributed by atoms with Gasteiger partial charge in [0.25, 0.3) is 0 Å². The number of rotatable bonds is 1. The van der Waals surface area contributed by atoms with Crippen molar-refractivity contribution in [1.29, 1.82) is 0 Å². The Hall–Kier alpha value is -2.20. The summed E-state index contributed by atoms with van der Waals surface area (Å²) in [6, 6.07) is 7.67. The van der Waals surface area contributed by atoms with Crippen LogP contribution in [-0.4, -0.2) is 20.4 Å². The molecule has 0 bridgehead atoms. The SMILES string of the molecule is Cc1nn2cc3c(nc2c1-c1ccc(Cl)cc1)CCCC3=O. The van der Waals surface area contributed by atoms with Crippen LogP contribution in [0.15, 0.2) is 30.5 Å². The van der Waals surface area contributed by atoms with Crippen LogP contribution in [0.25, 0.3) is 16.8 Å². The normalized spacial score (nSPS) is 14.4. The molecule has 0 fully saturated rings. The van der Waals surface area contributed by atoms with E-state index >= 15 is 0 Å². The van der Waals surface area contributed by atoms with E-state index < -0.39 is 0 Å². The van der Waals surface area contributed by atoms with E-state index in [1.807, 2.05) is 37.4 Å². The van der Waals surface area contributed by atoms with Crippen molar-refractivity contribution < 1.29 is 4.79 Å². The number of nitrogens with zero attached hydrogens (tertiary/aromatic N) is 3. The molecule has 2 heterocycles. The smallest absolute Gasteiger partial charge is 0.166 e. The fraction of sp³-hybridized carbons (Fsp3) is 0.235. The van der Waals surface area contributed by atoms with E-state index in [0.29, 0.717) is 17.0 Å². The molecule has 4 nitrogen and oxygen atoms in total. The largest absolute Gasteiger partial charge is 0.294 e. The maximum absolute atomic E-state index is 12.0. The molecule has 1 aliphatic rings. The molecule has 4 rings (SSSR count). The minimum atomic E-state index is 0.164. The quantitative estimate of drug-likeness (QED) is 0.685. The maximum atomic E-state index is 12.0. The van der Waals surface area contributed by atoms with Crippen molar-refractivity contribution >= 4 is 23.0 Å². The van der Waals surface area contributed by atoms with Crippen LogP contribution in [0, 0.1) is 6.92 Å². The lowest BCUT2D eigenvalue weighted by Crippen LogP contribution is -2.14. The highest BCUT2D eigenvalue weighted by Crippen LogP contribution is 2.30. The second-order valence-corrected chi connectivity index (χ2v) is 6.05. The van der Waals surface area contributed by atoms with Gasteiger partial charge in [-0.2, -0.15) is 5.10 Å². The van der Waals surface area contributed by atoms with Gasteiger partial charge in [0.1, 0.15) is 0 Å². The van der Waals surface area contributed by atoms with Crippen molar-refractivity contribution in [3.05, 3.63) is 52.4 Å². The molecule has 0 spiro atoms. The van der Waals surface area contributed by atoms with Gasteiger partial charge in [0.05, 0.1) is 17.0 Å². The van der Waals surface area contributed by atoms with Crippen LogP contribution >= 0.6 is 11.6 Å². The summed E-state index contributed by atoms with van der Waals surface area (Å²) in [6.45, 7) is 1.96. The fourth-order valence-electron chi connectivity index (χ4n) is 3.05. The number of fused-ring (bicyclic) bond motifs is 2. The number of halogens is 1. The summed E-state index contributed by atoms with van der Waals surface area (Å²) >= 11 is 5.97. The number of aryl methyl sites for hydroxylation is 2. The van der Waals surface area contributed by atoms with E-state index in [2.05, 4.69) is 5.10 Å². The van der Waals surface area contributed by atoms with Gasteiger partial charge >= 0.3 is 0 Å². The highest BCUT2D eigenvalue weighted by molar-refractivity contribution is 6.30. The third kappa shape index (κ3) is 2.03. The van der Waals surface area contributed by atoms with Crippen LogP contribution in [0.4, 0.5) is 0 Å². The molecule has 0 aliphatic heterocycles. The minimum Gasteiger partial charge on any atom is -0.294 e. The first-order chi connectivity index (χ1) is 10.6. The van der Waals surface area contributed by atoms with Crippen molar-refractivity contribution in [3.63, 3.8) is 0 Å². The van der Waals surface area contributed by atoms with E-state index in [4.69, 9.17) is 16.6 Å². The molecule has 0 N–H and O–H groups in total. The third-order valence-electron chi connectivity index (χ3n) is 4.11. The first-order valence-electron chi connectivity index (χ1n) is 7.31. The summed E-state index contributed by atoms with van der Waals surface area (Å²) < 4.78 is 1.72. The summed E-state index contributed by atoms with van der Waals surface area (Å²) in [5.74, 6) is 0.164. The molecule has 0 amide bonds. The Morgan fingerprint density at radius 3 is 2.73 bits per heavy atom. The Kier molecular flexibility index (Phi) is 3.01. The number of ketones is 1. The van der Waals surface area contributed by atoms with Gasteiger partial charge in [0.15, 0.2) is 11.4 Å². The van der Waals surface area contributed by atoms with Crippen molar-refractivity contribution in [2.45, 2.75) is 26.2 Å². The van der Waals surface area contributed by atoms with Gasteiger partial charge in [0.2, 0.25) is 0 Å². The van der Waals surface area contributed by atoms with Gasteiger partial charge in [-0.05, 0) is 37.5 Å². The fourth-order valence-corrected chi connectivity index (χ4v) is 3.17. The highest BCUT2D eigenvalue weighted by Gasteiger charge is 2.22. The number of benzene rings is 1. The summed E-state index contributed by atoms with van der Waals surface area (Å²) in [6.07, 6.45) is 4.15. The Morgan fingerprint density at radius 1 is 1.18 bits per heavy atom. The molecule has 2 aromatic heterocycles. The van der Waals surface area contributed by atoms with Gasteiger partial charge in [0, 0.05) is 23.2 Å². The van der Waals surface area contributed by atoms with Crippen LogP contribution in [-0.2, 0) is 6.42 Å². The van der Waals surface area contributed by atoms with E-state index in [-0.39, 0.29) is 5.78 Å². The zero-order valence-corrected chi connectivity index (χ0v) is 12.9. The summed E-state index contributed by atoms with van der Waals surface area (Å²) in [5.41, 5.74) is 5.32. The standard InChI is InChI=1S/C17H14ClN3O/c1-10-16(11-5-7-12(18)8-6-11)17-19-14-3-2-4-15(22)13(14)9-21(17)20-10/h5-9H,2-4H2,1H3. The maximum Gasteiger partial charge on any atom is 0.166 e. The average Bonchev–Trinajstić information content (AvgIpc) is 2.82. The molecular formula is C17H14ClN3O. The molecular weight excluding hydrogens is 298 g/mol. The molecule has 1 aromatic carbocycles. The second kappa shape index (κ2) is 4.92. The molecule has 0 saturated carbocycles. The molecule has 0 radical (unpaired) electrons. The lowest BCUT2D eigenvalue weighted by atomic mass is 9.96. The third-order valence-corrected chi connectivity index (χ3v) is 4.37. The molecule has 110 valence electrons. The highest BCUT2D eigenvalue weighted by atomic mass is 35.5. The van der Waals surface area contributed by atoms with E-state index in [9.17, 15) is 4.79 Å². The van der Waals surface area contributed by atoms with E-state index in [1.54, 1.807) is 4.52 Å². The molecule has 0 unspecified atom stereocenters. The number of carbonyl (C=O) groups excluding carboxylic acids is 1. The van der Waals surface area contributed by atoms with Crippen LogP contribution < -0.4 is 0 Å². The first-order valence-corrected chi connectivity index (χ1v) is 7.69. The Bertz CT molecular complexity index is 896. The molecule has 3 aromatic rings. The molecule has 22 heavy (non-hydrogen) atoms. The molecule has 1 aliphatic carbocycles. The predicted octanol–water partition coefficient (Wildman–Crippen LogP) is 3.88. The molecule has 5 heteroatoms. The second-order valence-electron chi connectivity index (χ2n) is 5.61. The molecule has 0 atom stereocenters. The van der Waals surface area contributed by atoms with Crippen molar-refractivity contribution in [2.24, 2.45) is 0 Å². The Morgan fingerprint density at radius 2 is 1.95 bits per heavy atom. The Labute approximate surface area is 132 Å². The number of carbonyl (C=O) groups is 1. The van der Waals surface area contributed by atoms with Crippen LogP contribution in [0.1, 0.15) is 34.6 Å². The predicted molar refractivity (Wildman–Crippen MR) is 85.4 cm³/mol. The first kappa shape index (κ1) is 13.5. The van der Waals surface area contributed by atoms with E-state index in [1.165, 1.54) is 0 Å².